The number of ether oxygens (including phenoxy) is 2. The summed E-state index contributed by atoms with van der Waals surface area (Å²) in [6, 6.07) is 6.21. The molecule has 0 heterocycles. The number of nitrogens with one attached hydrogen (secondary N) is 2. The molecule has 4 N–H and O–H groups in total. The normalized spacial score (nSPS) is 13.9. The molecule has 0 bridgehead atoms. The summed E-state index contributed by atoms with van der Waals surface area (Å²) in [5.74, 6) is -1.72. The largest absolute Gasteiger partial charge is 0.467 e. The number of hydrogen-bond acceptors (Lipinski definition) is 7. The molecule has 1 rings (SSSR count). The van der Waals surface area contributed by atoms with Crippen LogP contribution in [0.25, 0.3) is 0 Å². The third kappa shape index (κ3) is 6.77. The number of amides is 2. The second-order valence-electron chi connectivity index (χ2n) is 5.19. The van der Waals surface area contributed by atoms with Gasteiger partial charge in [0, 0.05) is 0 Å². The van der Waals surface area contributed by atoms with E-state index in [9.17, 15) is 24.6 Å². The second kappa shape index (κ2) is 10.3. The lowest BCUT2D eigenvalue weighted by Crippen LogP contribution is -2.56. The first-order valence-corrected chi connectivity index (χ1v) is 7.53. The van der Waals surface area contributed by atoms with Gasteiger partial charge < -0.3 is 30.3 Å². The lowest BCUT2D eigenvalue weighted by molar-refractivity contribution is -0.148. The predicted molar refractivity (Wildman–Crippen MR) is 86.3 cm³/mol. The molecule has 0 spiro atoms. The zero-order valence-electron chi connectivity index (χ0n) is 14.0. The van der Waals surface area contributed by atoms with E-state index in [0.29, 0.717) is 0 Å². The monoisotopic (exact) mass is 354 g/mol. The quantitative estimate of drug-likeness (QED) is 0.454. The second-order valence-corrected chi connectivity index (χ2v) is 5.19. The Morgan fingerprint density at radius 3 is 2.32 bits per heavy atom. The maximum atomic E-state index is 12.1. The minimum atomic E-state index is -1.35. The zero-order chi connectivity index (χ0) is 18.8. The van der Waals surface area contributed by atoms with Crippen molar-refractivity contribution in [3.8, 4) is 0 Å². The first kappa shape index (κ1) is 20.4. The number of carbonyl (C=O) groups is 3. The zero-order valence-corrected chi connectivity index (χ0v) is 14.0. The maximum Gasteiger partial charge on any atom is 0.408 e. The van der Waals surface area contributed by atoms with Crippen molar-refractivity contribution in [2.24, 2.45) is 0 Å². The van der Waals surface area contributed by atoms with Gasteiger partial charge in [0.15, 0.2) is 6.04 Å². The third-order valence-electron chi connectivity index (χ3n) is 3.24. The Balaban J connectivity index is 2.57. The van der Waals surface area contributed by atoms with E-state index in [0.717, 1.165) is 12.7 Å². The van der Waals surface area contributed by atoms with Gasteiger partial charge in [0.05, 0.1) is 19.8 Å². The first-order chi connectivity index (χ1) is 11.9. The van der Waals surface area contributed by atoms with Crippen LogP contribution in [0, 0.1) is 0 Å². The van der Waals surface area contributed by atoms with Crippen LogP contribution in [0.2, 0.25) is 0 Å². The minimum Gasteiger partial charge on any atom is -0.467 e. The summed E-state index contributed by atoms with van der Waals surface area (Å²) in [6.45, 7) is 0.558. The van der Waals surface area contributed by atoms with Crippen molar-refractivity contribution in [2.45, 2.75) is 31.7 Å². The summed E-state index contributed by atoms with van der Waals surface area (Å²) in [5, 5.41) is 23.2. The Morgan fingerprint density at radius 1 is 1.16 bits per heavy atom. The summed E-state index contributed by atoms with van der Waals surface area (Å²) in [5.41, 5.74) is 0.752. The fourth-order valence-electron chi connectivity index (χ4n) is 1.86. The molecule has 0 aliphatic heterocycles. The molecule has 9 nitrogen and oxygen atoms in total. The standard InChI is InChI=1S/C16H22N2O7/c1-10(20)13(15(22)24-2)18-14(21)12(8-19)17-16(23)25-9-11-6-4-3-5-7-11/h3-7,10,12-13,19-20H,8-9H2,1-2H3,(H,17,23)(H,18,21)/t10-,12+,13+/m1/s1. The smallest absolute Gasteiger partial charge is 0.408 e. The number of alkyl carbamates (subject to hydrolysis) is 1. The summed E-state index contributed by atoms with van der Waals surface area (Å²) in [7, 11) is 1.10. The SMILES string of the molecule is COC(=O)[C@@H](NC(=O)[C@H](CO)NC(=O)OCc1ccccc1)[C@@H](C)O. The van der Waals surface area contributed by atoms with Crippen LogP contribution in [-0.2, 0) is 25.7 Å². The van der Waals surface area contributed by atoms with Crippen LogP contribution in [0.4, 0.5) is 4.79 Å². The fourth-order valence-corrected chi connectivity index (χ4v) is 1.86. The van der Waals surface area contributed by atoms with E-state index in [2.05, 4.69) is 15.4 Å². The molecule has 1 aromatic rings. The van der Waals surface area contributed by atoms with Crippen LogP contribution >= 0.6 is 0 Å². The van der Waals surface area contributed by atoms with Crippen molar-refractivity contribution >= 4 is 18.0 Å². The lowest BCUT2D eigenvalue weighted by Gasteiger charge is -2.22. The van der Waals surface area contributed by atoms with E-state index < -0.39 is 42.8 Å². The average Bonchev–Trinajstić information content (AvgIpc) is 2.62. The van der Waals surface area contributed by atoms with E-state index in [4.69, 9.17) is 4.74 Å². The molecule has 0 saturated heterocycles. The van der Waals surface area contributed by atoms with Gasteiger partial charge in [-0.3, -0.25) is 4.79 Å². The number of hydrogen-bond donors (Lipinski definition) is 4. The highest BCUT2D eigenvalue weighted by Gasteiger charge is 2.30. The van der Waals surface area contributed by atoms with Gasteiger partial charge in [-0.15, -0.1) is 0 Å². The molecule has 3 atom stereocenters. The van der Waals surface area contributed by atoms with E-state index >= 15 is 0 Å². The Morgan fingerprint density at radius 2 is 1.80 bits per heavy atom. The molecular formula is C16H22N2O7. The molecule has 0 saturated carbocycles. The van der Waals surface area contributed by atoms with E-state index in [-0.39, 0.29) is 6.61 Å². The van der Waals surface area contributed by atoms with Gasteiger partial charge >= 0.3 is 12.1 Å². The Kier molecular flexibility index (Phi) is 8.37. The fraction of sp³-hybridized carbons (Fsp3) is 0.438. The van der Waals surface area contributed by atoms with Crippen molar-refractivity contribution in [2.75, 3.05) is 13.7 Å². The van der Waals surface area contributed by atoms with E-state index in [1.807, 2.05) is 6.07 Å². The van der Waals surface area contributed by atoms with Crippen LogP contribution in [0.5, 0.6) is 0 Å². The van der Waals surface area contributed by atoms with Crippen molar-refractivity contribution in [1.82, 2.24) is 10.6 Å². The lowest BCUT2D eigenvalue weighted by atomic mass is 10.1. The molecule has 0 radical (unpaired) electrons. The molecular weight excluding hydrogens is 332 g/mol. The number of esters is 1. The molecule has 0 unspecified atom stereocenters. The van der Waals surface area contributed by atoms with E-state index in [1.54, 1.807) is 24.3 Å². The Hall–Kier alpha value is -2.65. The molecule has 1 aromatic carbocycles. The van der Waals surface area contributed by atoms with E-state index in [1.165, 1.54) is 6.92 Å². The molecule has 0 fully saturated rings. The van der Waals surface area contributed by atoms with Gasteiger partial charge in [0.25, 0.3) is 0 Å². The highest BCUT2D eigenvalue weighted by atomic mass is 16.5. The highest BCUT2D eigenvalue weighted by Crippen LogP contribution is 2.01. The molecule has 25 heavy (non-hydrogen) atoms. The number of aliphatic hydroxyl groups is 2. The summed E-state index contributed by atoms with van der Waals surface area (Å²) in [4.78, 5) is 35.3. The van der Waals surface area contributed by atoms with Gasteiger partial charge in [0.1, 0.15) is 12.6 Å². The Bertz CT molecular complexity index is 577. The molecule has 0 aliphatic carbocycles. The van der Waals surface area contributed by atoms with Crippen LogP contribution in [-0.4, -0.2) is 60.1 Å². The molecule has 0 aromatic heterocycles. The third-order valence-corrected chi connectivity index (χ3v) is 3.24. The van der Waals surface area contributed by atoms with Gasteiger partial charge in [-0.05, 0) is 12.5 Å². The molecule has 2 amide bonds. The highest BCUT2D eigenvalue weighted by molar-refractivity contribution is 5.90. The first-order valence-electron chi connectivity index (χ1n) is 7.53. The minimum absolute atomic E-state index is 0.00903. The van der Waals surface area contributed by atoms with Crippen LogP contribution in [0.15, 0.2) is 30.3 Å². The molecule has 0 aliphatic rings. The number of methoxy groups -OCH3 is 1. The van der Waals surface area contributed by atoms with Crippen LogP contribution < -0.4 is 10.6 Å². The van der Waals surface area contributed by atoms with Gasteiger partial charge in [0.2, 0.25) is 5.91 Å². The van der Waals surface area contributed by atoms with Crippen LogP contribution in [0.1, 0.15) is 12.5 Å². The molecule has 138 valence electrons. The van der Waals surface area contributed by atoms with Gasteiger partial charge in [-0.1, -0.05) is 30.3 Å². The van der Waals surface area contributed by atoms with Crippen molar-refractivity contribution in [1.29, 1.82) is 0 Å². The van der Waals surface area contributed by atoms with Crippen molar-refractivity contribution in [3.63, 3.8) is 0 Å². The molecule has 9 heteroatoms. The van der Waals surface area contributed by atoms with Crippen LogP contribution in [0.3, 0.4) is 0 Å². The number of benzene rings is 1. The number of carbonyl (C=O) groups excluding carboxylic acids is 3. The van der Waals surface area contributed by atoms with Gasteiger partial charge in [-0.25, -0.2) is 9.59 Å². The summed E-state index contributed by atoms with van der Waals surface area (Å²) < 4.78 is 9.42. The topological polar surface area (TPSA) is 134 Å². The summed E-state index contributed by atoms with van der Waals surface area (Å²) >= 11 is 0. The number of rotatable bonds is 8. The number of aliphatic hydroxyl groups excluding tert-OH is 2. The van der Waals surface area contributed by atoms with Crippen molar-refractivity contribution in [3.05, 3.63) is 35.9 Å². The maximum absolute atomic E-state index is 12.1. The van der Waals surface area contributed by atoms with Crippen molar-refractivity contribution < 1.29 is 34.1 Å². The van der Waals surface area contributed by atoms with Gasteiger partial charge in [-0.2, -0.15) is 0 Å². The predicted octanol–water partition coefficient (Wildman–Crippen LogP) is -0.688. The average molecular weight is 354 g/mol. The Labute approximate surface area is 144 Å². The summed E-state index contributed by atoms with van der Waals surface area (Å²) in [6.07, 6.45) is -2.13.